The van der Waals surface area contributed by atoms with Gasteiger partial charge in [-0.05, 0) is 25.1 Å². The predicted molar refractivity (Wildman–Crippen MR) is 98.1 cm³/mol. The number of aryl methyl sites for hydroxylation is 1. The molecule has 7 heteroatoms. The number of aromatic nitrogens is 2. The lowest BCUT2D eigenvalue weighted by Crippen LogP contribution is -2.28. The Balaban J connectivity index is 1.56. The molecule has 0 fully saturated rings. The fourth-order valence-electron chi connectivity index (χ4n) is 2.28. The van der Waals surface area contributed by atoms with Crippen LogP contribution in [0.5, 0.6) is 0 Å². The van der Waals surface area contributed by atoms with Crippen LogP contribution in [0.3, 0.4) is 0 Å². The minimum absolute atomic E-state index is 0.139. The van der Waals surface area contributed by atoms with Crippen LogP contribution in [0.1, 0.15) is 11.1 Å². The third-order valence-electron chi connectivity index (χ3n) is 3.82. The first-order chi connectivity index (χ1) is 12.5. The lowest BCUT2D eigenvalue weighted by molar-refractivity contribution is -0.127. The van der Waals surface area contributed by atoms with Crippen LogP contribution in [0, 0.1) is 12.7 Å². The van der Waals surface area contributed by atoms with E-state index in [9.17, 15) is 9.18 Å². The molecule has 0 saturated carbocycles. The molecule has 0 unspecified atom stereocenters. The van der Waals surface area contributed by atoms with Gasteiger partial charge in [0.2, 0.25) is 11.8 Å². The summed E-state index contributed by atoms with van der Waals surface area (Å²) in [6, 6.07) is 14.2. The number of amides is 1. The molecule has 1 aromatic heterocycles. The first kappa shape index (κ1) is 18.1. The molecule has 0 aliphatic rings. The summed E-state index contributed by atoms with van der Waals surface area (Å²) in [7, 11) is 1.64. The zero-order chi connectivity index (χ0) is 18.5. The van der Waals surface area contributed by atoms with Crippen molar-refractivity contribution in [2.45, 2.75) is 18.7 Å². The van der Waals surface area contributed by atoms with Crippen LogP contribution < -0.4 is 0 Å². The van der Waals surface area contributed by atoms with Crippen molar-refractivity contribution in [1.82, 2.24) is 15.1 Å². The number of benzene rings is 2. The Morgan fingerprint density at radius 3 is 2.62 bits per heavy atom. The van der Waals surface area contributed by atoms with E-state index in [1.807, 2.05) is 31.2 Å². The van der Waals surface area contributed by atoms with Gasteiger partial charge in [-0.25, -0.2) is 4.39 Å². The normalized spacial score (nSPS) is 10.7. The van der Waals surface area contributed by atoms with Gasteiger partial charge in [-0.1, -0.05) is 47.7 Å². The maximum atomic E-state index is 13.7. The van der Waals surface area contributed by atoms with Gasteiger partial charge in [0.1, 0.15) is 5.82 Å². The highest BCUT2D eigenvalue weighted by Gasteiger charge is 2.15. The number of hydrogen-bond acceptors (Lipinski definition) is 5. The van der Waals surface area contributed by atoms with Gasteiger partial charge in [-0.15, -0.1) is 10.2 Å². The number of nitrogens with zero attached hydrogens (tertiary/aromatic N) is 3. The fourth-order valence-corrected chi connectivity index (χ4v) is 2.99. The summed E-state index contributed by atoms with van der Waals surface area (Å²) < 4.78 is 19.3. The Labute approximate surface area is 155 Å². The largest absolute Gasteiger partial charge is 0.411 e. The van der Waals surface area contributed by atoms with Crippen LogP contribution in [0.4, 0.5) is 4.39 Å². The van der Waals surface area contributed by atoms with E-state index in [2.05, 4.69) is 10.2 Å². The molecule has 1 amide bonds. The van der Waals surface area contributed by atoms with Gasteiger partial charge in [0.05, 0.1) is 5.75 Å². The smallest absolute Gasteiger partial charge is 0.277 e. The quantitative estimate of drug-likeness (QED) is 0.615. The number of halogens is 1. The monoisotopic (exact) mass is 371 g/mol. The Morgan fingerprint density at radius 2 is 1.88 bits per heavy atom. The predicted octanol–water partition coefficient (Wildman–Crippen LogP) is 3.93. The van der Waals surface area contributed by atoms with Crippen molar-refractivity contribution in [2.75, 3.05) is 12.8 Å². The first-order valence-corrected chi connectivity index (χ1v) is 9.02. The molecule has 134 valence electrons. The van der Waals surface area contributed by atoms with Crippen molar-refractivity contribution in [2.24, 2.45) is 0 Å². The van der Waals surface area contributed by atoms with Gasteiger partial charge in [0.15, 0.2) is 0 Å². The van der Waals surface area contributed by atoms with E-state index < -0.39 is 0 Å². The van der Waals surface area contributed by atoms with Gasteiger partial charge in [0, 0.05) is 24.7 Å². The summed E-state index contributed by atoms with van der Waals surface area (Å²) in [5.41, 5.74) is 2.46. The molecule has 5 nitrogen and oxygen atoms in total. The van der Waals surface area contributed by atoms with Gasteiger partial charge >= 0.3 is 0 Å². The van der Waals surface area contributed by atoms with E-state index >= 15 is 0 Å². The Bertz CT molecular complexity index is 896. The topological polar surface area (TPSA) is 59.2 Å². The summed E-state index contributed by atoms with van der Waals surface area (Å²) in [5.74, 6) is 0.0907. The molecular formula is C19H18FN3O2S. The van der Waals surface area contributed by atoms with Crippen LogP contribution in [-0.4, -0.2) is 33.8 Å². The molecule has 0 aliphatic heterocycles. The molecule has 3 aromatic rings. The minimum Gasteiger partial charge on any atom is -0.411 e. The highest BCUT2D eigenvalue weighted by molar-refractivity contribution is 7.99. The second-order valence-corrected chi connectivity index (χ2v) is 6.80. The molecule has 1 heterocycles. The third kappa shape index (κ3) is 4.49. The molecule has 0 spiro atoms. The second-order valence-electron chi connectivity index (χ2n) is 5.87. The second kappa shape index (κ2) is 8.14. The molecule has 26 heavy (non-hydrogen) atoms. The average Bonchev–Trinajstić information content (AvgIpc) is 3.11. The van der Waals surface area contributed by atoms with Crippen LogP contribution >= 0.6 is 11.8 Å². The zero-order valence-electron chi connectivity index (χ0n) is 14.5. The number of carbonyl (C=O) groups excluding carboxylic acids is 1. The number of thioether (sulfide) groups is 1. The van der Waals surface area contributed by atoms with Gasteiger partial charge in [-0.3, -0.25) is 4.79 Å². The van der Waals surface area contributed by atoms with Crippen molar-refractivity contribution in [3.63, 3.8) is 0 Å². The highest BCUT2D eigenvalue weighted by atomic mass is 32.2. The molecule has 0 radical (unpaired) electrons. The molecule has 3 rings (SSSR count). The standard InChI is InChI=1S/C19H18FN3O2S/c1-13-7-9-14(10-8-13)18-21-22-19(25-18)26-12-17(24)23(2)11-15-5-3-4-6-16(15)20/h3-10H,11-12H2,1-2H3. The molecule has 0 bridgehead atoms. The lowest BCUT2D eigenvalue weighted by Gasteiger charge is -2.16. The van der Waals surface area contributed by atoms with E-state index in [-0.39, 0.29) is 24.0 Å². The van der Waals surface area contributed by atoms with Crippen molar-refractivity contribution in [3.05, 3.63) is 65.5 Å². The Kier molecular flexibility index (Phi) is 5.68. The SMILES string of the molecule is Cc1ccc(-c2nnc(SCC(=O)N(C)Cc3ccccc3F)o2)cc1. The van der Waals surface area contributed by atoms with Crippen molar-refractivity contribution in [3.8, 4) is 11.5 Å². The van der Waals surface area contributed by atoms with Crippen molar-refractivity contribution in [1.29, 1.82) is 0 Å². The summed E-state index contributed by atoms with van der Waals surface area (Å²) in [6.07, 6.45) is 0. The summed E-state index contributed by atoms with van der Waals surface area (Å²) in [5, 5.41) is 8.29. The van der Waals surface area contributed by atoms with Gasteiger partial charge < -0.3 is 9.32 Å². The van der Waals surface area contributed by atoms with E-state index in [4.69, 9.17) is 4.42 Å². The van der Waals surface area contributed by atoms with E-state index in [0.29, 0.717) is 16.7 Å². The van der Waals surface area contributed by atoms with Crippen LogP contribution in [0.25, 0.3) is 11.5 Å². The molecule has 2 aromatic carbocycles. The third-order valence-corrected chi connectivity index (χ3v) is 4.62. The maximum Gasteiger partial charge on any atom is 0.277 e. The van der Waals surface area contributed by atoms with Crippen LogP contribution in [0.15, 0.2) is 58.2 Å². The number of carbonyl (C=O) groups is 1. The Hall–Kier alpha value is -2.67. The fraction of sp³-hybridized carbons (Fsp3) is 0.211. The molecular weight excluding hydrogens is 353 g/mol. The molecule has 0 saturated heterocycles. The number of rotatable bonds is 6. The van der Waals surface area contributed by atoms with Crippen molar-refractivity contribution < 1.29 is 13.6 Å². The van der Waals surface area contributed by atoms with Gasteiger partial charge in [-0.2, -0.15) is 0 Å². The minimum atomic E-state index is -0.320. The molecule has 0 atom stereocenters. The van der Waals surface area contributed by atoms with E-state index in [0.717, 1.165) is 11.1 Å². The van der Waals surface area contributed by atoms with Gasteiger partial charge in [0.25, 0.3) is 5.22 Å². The summed E-state index contributed by atoms with van der Waals surface area (Å²) in [4.78, 5) is 13.7. The summed E-state index contributed by atoms with van der Waals surface area (Å²) >= 11 is 1.17. The molecule has 0 aliphatic carbocycles. The average molecular weight is 371 g/mol. The van der Waals surface area contributed by atoms with E-state index in [1.54, 1.807) is 25.2 Å². The van der Waals surface area contributed by atoms with Crippen LogP contribution in [-0.2, 0) is 11.3 Å². The Morgan fingerprint density at radius 1 is 1.15 bits per heavy atom. The summed E-state index contributed by atoms with van der Waals surface area (Å²) in [6.45, 7) is 2.22. The highest BCUT2D eigenvalue weighted by Crippen LogP contribution is 2.23. The first-order valence-electron chi connectivity index (χ1n) is 8.03. The van der Waals surface area contributed by atoms with Crippen LogP contribution in [0.2, 0.25) is 0 Å². The number of hydrogen-bond donors (Lipinski definition) is 0. The lowest BCUT2D eigenvalue weighted by atomic mass is 10.1. The zero-order valence-corrected chi connectivity index (χ0v) is 15.3. The molecule has 0 N–H and O–H groups in total. The maximum absolute atomic E-state index is 13.7. The van der Waals surface area contributed by atoms with Crippen molar-refractivity contribution >= 4 is 17.7 Å². The van der Waals surface area contributed by atoms with E-state index in [1.165, 1.54) is 22.7 Å².